The van der Waals surface area contributed by atoms with Crippen LogP contribution in [0.3, 0.4) is 0 Å². The van der Waals surface area contributed by atoms with Gasteiger partial charge in [0.2, 0.25) is 0 Å². The number of rotatable bonds is 5. The Hall–Kier alpha value is -2.01. The van der Waals surface area contributed by atoms with Gasteiger partial charge in [0.25, 0.3) is 5.91 Å². The van der Waals surface area contributed by atoms with Crippen LogP contribution in [0.4, 0.5) is 0 Å². The maximum Gasteiger partial charge on any atom is 0.272 e. The Bertz CT molecular complexity index is 1360. The van der Waals surface area contributed by atoms with E-state index in [1.165, 1.54) is 12.8 Å². The second-order valence-corrected chi connectivity index (χ2v) is 12.7. The first-order valence-electron chi connectivity index (χ1n) is 12.5. The van der Waals surface area contributed by atoms with E-state index in [0.717, 1.165) is 34.4 Å². The van der Waals surface area contributed by atoms with Crippen molar-refractivity contribution >= 4 is 40.7 Å². The van der Waals surface area contributed by atoms with Gasteiger partial charge in [-0.05, 0) is 85.3 Å². The predicted molar refractivity (Wildman–Crippen MR) is 148 cm³/mol. The van der Waals surface area contributed by atoms with Crippen molar-refractivity contribution in [1.29, 1.82) is 0 Å². The van der Waals surface area contributed by atoms with E-state index in [0.29, 0.717) is 33.2 Å². The molecule has 1 amide bonds. The zero-order valence-corrected chi connectivity index (χ0v) is 23.7. The Kier molecular flexibility index (Phi) is 6.46. The van der Waals surface area contributed by atoms with Gasteiger partial charge in [0.1, 0.15) is 0 Å². The van der Waals surface area contributed by atoms with Crippen LogP contribution in [-0.4, -0.2) is 21.7 Å². The van der Waals surface area contributed by atoms with Crippen molar-refractivity contribution in [3.05, 3.63) is 73.9 Å². The number of hydrogen-bond acceptors (Lipinski definition) is 2. The first kappa shape index (κ1) is 25.6. The number of carbonyl (C=O) groups is 1. The molecule has 0 spiro atoms. The molecule has 2 fully saturated rings. The predicted octanol–water partition coefficient (Wildman–Crippen LogP) is 8.12. The minimum atomic E-state index is -0.112. The molecule has 2 aliphatic carbocycles. The molecule has 2 unspecified atom stereocenters. The maximum absolute atomic E-state index is 13.8. The number of amides is 1. The van der Waals surface area contributed by atoms with E-state index in [9.17, 15) is 4.79 Å². The highest BCUT2D eigenvalue weighted by molar-refractivity contribution is 6.42. The Balaban J connectivity index is 1.54. The molecule has 5 rings (SSSR count). The van der Waals surface area contributed by atoms with E-state index in [1.54, 1.807) is 6.07 Å². The van der Waals surface area contributed by atoms with Crippen LogP contribution in [0.15, 0.2) is 36.4 Å². The standard InChI is InChI=1S/C29H32Cl3N3O/c1-16-12-19(7-9-21(16)30)25-17(2)24(34-35(25)15-18-6-8-22(31)23(32)13-18)26(36)33-27-28(3,4)20-10-11-29(27,5)14-20/h6-9,12-13,20,27H,10-11,14-15H2,1-5H3,(H,33,36)/t20?,27?,29-/m0/s1. The summed E-state index contributed by atoms with van der Waals surface area (Å²) in [5, 5.41) is 9.98. The summed E-state index contributed by atoms with van der Waals surface area (Å²) in [7, 11) is 0. The lowest BCUT2D eigenvalue weighted by Gasteiger charge is -2.43. The molecular weight excluding hydrogens is 513 g/mol. The van der Waals surface area contributed by atoms with Crippen LogP contribution < -0.4 is 5.32 Å². The second kappa shape index (κ2) is 9.08. The van der Waals surface area contributed by atoms with Crippen LogP contribution in [0, 0.1) is 30.6 Å². The Labute approximate surface area is 228 Å². The molecule has 3 aromatic rings. The Morgan fingerprint density at radius 3 is 2.42 bits per heavy atom. The van der Waals surface area contributed by atoms with Gasteiger partial charge in [-0.1, -0.05) is 67.7 Å². The van der Waals surface area contributed by atoms with E-state index in [-0.39, 0.29) is 22.8 Å². The summed E-state index contributed by atoms with van der Waals surface area (Å²) >= 11 is 18.7. The molecule has 1 aromatic heterocycles. The highest BCUT2D eigenvalue weighted by atomic mass is 35.5. The smallest absolute Gasteiger partial charge is 0.272 e. The molecule has 7 heteroatoms. The lowest BCUT2D eigenvalue weighted by Crippen LogP contribution is -2.52. The van der Waals surface area contributed by atoms with Gasteiger partial charge in [0.05, 0.1) is 22.3 Å². The number of benzene rings is 2. The van der Waals surface area contributed by atoms with Gasteiger partial charge >= 0.3 is 0 Å². The van der Waals surface area contributed by atoms with E-state index in [1.807, 2.05) is 48.9 Å². The fraction of sp³-hybridized carbons (Fsp3) is 0.448. The van der Waals surface area contributed by atoms with Gasteiger partial charge in [-0.15, -0.1) is 0 Å². The van der Waals surface area contributed by atoms with Gasteiger partial charge < -0.3 is 5.32 Å². The number of aryl methyl sites for hydroxylation is 1. The lowest BCUT2D eigenvalue weighted by atomic mass is 9.68. The normalized spacial score (nSPS) is 24.3. The number of nitrogens with one attached hydrogen (secondary N) is 1. The highest BCUT2D eigenvalue weighted by Crippen LogP contribution is 2.62. The molecule has 36 heavy (non-hydrogen) atoms. The molecule has 1 heterocycles. The fourth-order valence-corrected chi connectivity index (χ4v) is 7.15. The summed E-state index contributed by atoms with van der Waals surface area (Å²) in [5.74, 6) is 0.535. The molecule has 2 aliphatic rings. The third-order valence-corrected chi connectivity index (χ3v) is 9.86. The first-order valence-corrected chi connectivity index (χ1v) is 13.6. The Morgan fingerprint density at radius 1 is 1.06 bits per heavy atom. The molecule has 0 saturated heterocycles. The minimum Gasteiger partial charge on any atom is -0.347 e. The molecule has 2 bridgehead atoms. The number of halogens is 3. The summed E-state index contributed by atoms with van der Waals surface area (Å²) < 4.78 is 1.89. The quantitative estimate of drug-likeness (QED) is 0.352. The van der Waals surface area contributed by atoms with Gasteiger partial charge in [0, 0.05) is 22.2 Å². The molecule has 0 aliphatic heterocycles. The average molecular weight is 545 g/mol. The van der Waals surface area contributed by atoms with Gasteiger partial charge in [0.15, 0.2) is 5.69 Å². The number of hydrogen-bond donors (Lipinski definition) is 1. The summed E-state index contributed by atoms with van der Waals surface area (Å²) in [6.07, 6.45) is 3.57. The lowest BCUT2D eigenvalue weighted by molar-refractivity contribution is 0.0732. The summed E-state index contributed by atoms with van der Waals surface area (Å²) in [6.45, 7) is 11.3. The van der Waals surface area contributed by atoms with Crippen LogP contribution in [-0.2, 0) is 6.54 Å². The van der Waals surface area contributed by atoms with Crippen molar-refractivity contribution in [3.8, 4) is 11.3 Å². The van der Waals surface area contributed by atoms with Crippen LogP contribution in [0.25, 0.3) is 11.3 Å². The largest absolute Gasteiger partial charge is 0.347 e. The molecule has 1 N–H and O–H groups in total. The van der Waals surface area contributed by atoms with Gasteiger partial charge in [-0.25, -0.2) is 0 Å². The van der Waals surface area contributed by atoms with E-state index >= 15 is 0 Å². The SMILES string of the molecule is Cc1cc(-c2c(C)c(C(=O)NC3C(C)(C)C4CC[C@@]3(C)C4)nn2Cc2ccc(Cl)c(Cl)c2)ccc1Cl. The Morgan fingerprint density at radius 2 is 1.78 bits per heavy atom. The topological polar surface area (TPSA) is 46.9 Å². The maximum atomic E-state index is 13.8. The van der Waals surface area contributed by atoms with Gasteiger partial charge in [-0.2, -0.15) is 5.10 Å². The number of nitrogens with zero attached hydrogens (tertiary/aromatic N) is 2. The van der Waals surface area contributed by atoms with Crippen molar-refractivity contribution < 1.29 is 4.79 Å². The first-order chi connectivity index (χ1) is 16.9. The van der Waals surface area contributed by atoms with Crippen molar-refractivity contribution in [2.75, 3.05) is 0 Å². The van der Waals surface area contributed by atoms with Crippen molar-refractivity contribution in [3.63, 3.8) is 0 Å². The van der Waals surface area contributed by atoms with Gasteiger partial charge in [-0.3, -0.25) is 9.48 Å². The fourth-order valence-electron chi connectivity index (χ4n) is 6.71. The molecule has 190 valence electrons. The van der Waals surface area contributed by atoms with Crippen molar-refractivity contribution in [1.82, 2.24) is 15.1 Å². The summed E-state index contributed by atoms with van der Waals surface area (Å²) in [6, 6.07) is 11.6. The molecule has 4 nitrogen and oxygen atoms in total. The van der Waals surface area contributed by atoms with E-state index in [2.05, 4.69) is 26.1 Å². The molecule has 2 saturated carbocycles. The van der Waals surface area contributed by atoms with Crippen LogP contribution in [0.5, 0.6) is 0 Å². The number of aromatic nitrogens is 2. The molecule has 2 aromatic carbocycles. The van der Waals surface area contributed by atoms with Crippen LogP contribution in [0.1, 0.15) is 67.2 Å². The zero-order valence-electron chi connectivity index (χ0n) is 21.4. The third-order valence-electron chi connectivity index (χ3n) is 8.70. The summed E-state index contributed by atoms with van der Waals surface area (Å²) in [4.78, 5) is 13.8. The minimum absolute atomic E-state index is 0.0648. The molecular formula is C29H32Cl3N3O. The molecule has 0 radical (unpaired) electrons. The highest BCUT2D eigenvalue weighted by Gasteiger charge is 2.59. The number of carbonyl (C=O) groups excluding carboxylic acids is 1. The van der Waals surface area contributed by atoms with Crippen LogP contribution in [0.2, 0.25) is 15.1 Å². The van der Waals surface area contributed by atoms with Crippen LogP contribution >= 0.6 is 34.8 Å². The summed E-state index contributed by atoms with van der Waals surface area (Å²) in [5.41, 5.74) is 5.29. The van der Waals surface area contributed by atoms with E-state index in [4.69, 9.17) is 39.9 Å². The molecule has 3 atom stereocenters. The average Bonchev–Trinajstić information content (AvgIpc) is 3.42. The monoisotopic (exact) mass is 543 g/mol. The zero-order chi connectivity index (χ0) is 26.0. The van der Waals surface area contributed by atoms with E-state index < -0.39 is 0 Å². The number of fused-ring (bicyclic) bond motifs is 2. The second-order valence-electron chi connectivity index (χ2n) is 11.5. The van der Waals surface area contributed by atoms with Crippen molar-refractivity contribution in [2.24, 2.45) is 16.7 Å². The third kappa shape index (κ3) is 4.25. The van der Waals surface area contributed by atoms with Crippen molar-refractivity contribution in [2.45, 2.75) is 66.5 Å².